The zero-order valence-electron chi connectivity index (χ0n) is 10.3. The largest absolute Gasteiger partial charge is 0.417 e. The second-order valence-corrected chi connectivity index (χ2v) is 4.91. The van der Waals surface area contributed by atoms with Crippen LogP contribution in [0.1, 0.15) is 38.2 Å². The number of anilines is 1. The van der Waals surface area contributed by atoms with Crippen molar-refractivity contribution < 1.29 is 13.2 Å². The van der Waals surface area contributed by atoms with Gasteiger partial charge in [0.1, 0.15) is 5.82 Å². The molecule has 2 nitrogen and oxygen atoms in total. The Morgan fingerprint density at radius 2 is 1.94 bits per heavy atom. The van der Waals surface area contributed by atoms with Crippen LogP contribution in [0.25, 0.3) is 0 Å². The molecule has 1 saturated carbocycles. The number of hydrogen-bond donors (Lipinski definition) is 1. The molecular weight excluding hydrogens is 241 g/mol. The number of rotatable bonds is 3. The van der Waals surface area contributed by atoms with Crippen molar-refractivity contribution >= 4 is 5.82 Å². The first-order chi connectivity index (χ1) is 8.47. The van der Waals surface area contributed by atoms with Crippen molar-refractivity contribution in [2.75, 3.05) is 5.32 Å². The first-order valence-corrected chi connectivity index (χ1v) is 6.26. The summed E-state index contributed by atoms with van der Waals surface area (Å²) in [6.45, 7) is 2.06. The maximum Gasteiger partial charge on any atom is 0.417 e. The van der Waals surface area contributed by atoms with Gasteiger partial charge in [-0.3, -0.25) is 0 Å². The molecule has 1 fully saturated rings. The van der Waals surface area contributed by atoms with Gasteiger partial charge in [-0.2, -0.15) is 13.2 Å². The highest BCUT2D eigenvalue weighted by atomic mass is 19.4. The van der Waals surface area contributed by atoms with E-state index in [0.717, 1.165) is 12.3 Å². The van der Waals surface area contributed by atoms with E-state index in [-0.39, 0.29) is 6.04 Å². The van der Waals surface area contributed by atoms with Crippen LogP contribution < -0.4 is 5.32 Å². The van der Waals surface area contributed by atoms with Gasteiger partial charge in [0.25, 0.3) is 0 Å². The van der Waals surface area contributed by atoms with E-state index in [1.165, 1.54) is 31.7 Å². The molecule has 1 heterocycles. The van der Waals surface area contributed by atoms with Gasteiger partial charge in [-0.15, -0.1) is 0 Å². The molecule has 0 saturated heterocycles. The van der Waals surface area contributed by atoms with Crippen molar-refractivity contribution in [2.45, 2.75) is 44.8 Å². The van der Waals surface area contributed by atoms with Crippen molar-refractivity contribution in [1.29, 1.82) is 0 Å². The lowest BCUT2D eigenvalue weighted by Gasteiger charge is -2.21. The van der Waals surface area contributed by atoms with Crippen LogP contribution >= 0.6 is 0 Å². The monoisotopic (exact) mass is 258 g/mol. The van der Waals surface area contributed by atoms with E-state index < -0.39 is 11.7 Å². The summed E-state index contributed by atoms with van der Waals surface area (Å²) in [5.41, 5.74) is -0.707. The zero-order valence-corrected chi connectivity index (χ0v) is 10.3. The summed E-state index contributed by atoms with van der Waals surface area (Å²) in [4.78, 5) is 3.83. The number of halogens is 3. The maximum atomic E-state index is 12.4. The molecule has 2 rings (SSSR count). The Bertz CT molecular complexity index is 380. The van der Waals surface area contributed by atoms with Gasteiger partial charge in [-0.1, -0.05) is 12.8 Å². The van der Waals surface area contributed by atoms with E-state index in [4.69, 9.17) is 0 Å². The van der Waals surface area contributed by atoms with Gasteiger partial charge in [0, 0.05) is 12.2 Å². The number of aromatic nitrogens is 1. The molecule has 5 heteroatoms. The third kappa shape index (κ3) is 3.15. The molecule has 0 amide bonds. The van der Waals surface area contributed by atoms with Gasteiger partial charge >= 0.3 is 6.18 Å². The highest BCUT2D eigenvalue weighted by molar-refractivity contribution is 5.37. The number of hydrogen-bond acceptors (Lipinski definition) is 2. The minimum absolute atomic E-state index is 0.261. The molecule has 0 aromatic carbocycles. The van der Waals surface area contributed by atoms with Gasteiger partial charge in [0.05, 0.1) is 5.56 Å². The molecule has 0 bridgehead atoms. The van der Waals surface area contributed by atoms with Gasteiger partial charge in [-0.05, 0) is 37.8 Å². The van der Waals surface area contributed by atoms with Crippen molar-refractivity contribution in [1.82, 2.24) is 4.98 Å². The minimum Gasteiger partial charge on any atom is -0.367 e. The second kappa shape index (κ2) is 5.16. The van der Waals surface area contributed by atoms with E-state index in [1.807, 2.05) is 0 Å². The average molecular weight is 258 g/mol. The normalized spacial score (nSPS) is 18.9. The summed E-state index contributed by atoms with van der Waals surface area (Å²) in [6, 6.07) is 2.72. The van der Waals surface area contributed by atoms with E-state index >= 15 is 0 Å². The lowest BCUT2D eigenvalue weighted by atomic mass is 10.00. The molecule has 100 valence electrons. The topological polar surface area (TPSA) is 24.9 Å². The average Bonchev–Trinajstić information content (AvgIpc) is 2.82. The molecule has 0 aliphatic heterocycles. The van der Waals surface area contributed by atoms with Crippen LogP contribution in [0.2, 0.25) is 0 Å². The van der Waals surface area contributed by atoms with E-state index in [1.54, 1.807) is 0 Å². The van der Waals surface area contributed by atoms with Crippen molar-refractivity contribution in [2.24, 2.45) is 5.92 Å². The Hall–Kier alpha value is -1.26. The number of nitrogens with one attached hydrogen (secondary N) is 1. The van der Waals surface area contributed by atoms with Gasteiger partial charge in [0.2, 0.25) is 0 Å². The van der Waals surface area contributed by atoms with Crippen molar-refractivity contribution in [3.63, 3.8) is 0 Å². The van der Waals surface area contributed by atoms with Crippen molar-refractivity contribution in [3.05, 3.63) is 23.9 Å². The zero-order chi connectivity index (χ0) is 13.2. The Kier molecular flexibility index (Phi) is 3.78. The van der Waals surface area contributed by atoms with E-state index in [0.29, 0.717) is 11.7 Å². The Morgan fingerprint density at radius 3 is 2.44 bits per heavy atom. The SMILES string of the molecule is CC(Nc1ccc(C(F)(F)F)cn1)C1CCCC1. The summed E-state index contributed by atoms with van der Waals surface area (Å²) < 4.78 is 37.1. The molecule has 0 spiro atoms. The Balaban J connectivity index is 1.97. The maximum absolute atomic E-state index is 12.4. The highest BCUT2D eigenvalue weighted by Gasteiger charge is 2.30. The molecule has 1 aromatic heterocycles. The molecule has 1 N–H and O–H groups in total. The number of nitrogens with zero attached hydrogens (tertiary/aromatic N) is 1. The summed E-state index contributed by atoms with van der Waals surface area (Å²) in [7, 11) is 0. The van der Waals surface area contributed by atoms with Gasteiger partial charge < -0.3 is 5.32 Å². The second-order valence-electron chi connectivity index (χ2n) is 4.91. The molecule has 1 aliphatic rings. The minimum atomic E-state index is -4.32. The van der Waals surface area contributed by atoms with Crippen LogP contribution in [-0.2, 0) is 6.18 Å². The Labute approximate surface area is 105 Å². The fraction of sp³-hybridized carbons (Fsp3) is 0.615. The summed E-state index contributed by atoms with van der Waals surface area (Å²) in [5, 5.41) is 3.18. The van der Waals surface area contributed by atoms with Crippen LogP contribution in [-0.4, -0.2) is 11.0 Å². The van der Waals surface area contributed by atoms with Gasteiger partial charge in [-0.25, -0.2) is 4.98 Å². The smallest absolute Gasteiger partial charge is 0.367 e. The first-order valence-electron chi connectivity index (χ1n) is 6.26. The fourth-order valence-electron chi connectivity index (χ4n) is 2.46. The lowest BCUT2D eigenvalue weighted by molar-refractivity contribution is -0.137. The van der Waals surface area contributed by atoms with Crippen LogP contribution in [0.4, 0.5) is 19.0 Å². The third-order valence-electron chi connectivity index (χ3n) is 3.57. The number of pyridine rings is 1. The number of alkyl halides is 3. The quantitative estimate of drug-likeness (QED) is 0.883. The summed E-state index contributed by atoms with van der Waals surface area (Å²) in [6.07, 6.45) is 1.43. The Morgan fingerprint density at radius 1 is 1.28 bits per heavy atom. The van der Waals surface area contributed by atoms with E-state index in [9.17, 15) is 13.2 Å². The van der Waals surface area contributed by atoms with Crippen LogP contribution in [0.3, 0.4) is 0 Å². The van der Waals surface area contributed by atoms with Gasteiger partial charge in [0.15, 0.2) is 0 Å². The fourth-order valence-corrected chi connectivity index (χ4v) is 2.46. The predicted octanol–water partition coefficient (Wildman–Crippen LogP) is 4.09. The molecule has 1 aromatic rings. The van der Waals surface area contributed by atoms with Crippen LogP contribution in [0.15, 0.2) is 18.3 Å². The first kappa shape index (κ1) is 13.2. The molecule has 1 unspecified atom stereocenters. The summed E-state index contributed by atoms with van der Waals surface area (Å²) in [5.74, 6) is 1.12. The molecule has 1 atom stereocenters. The summed E-state index contributed by atoms with van der Waals surface area (Å²) >= 11 is 0. The van der Waals surface area contributed by atoms with E-state index in [2.05, 4.69) is 17.2 Å². The lowest BCUT2D eigenvalue weighted by Crippen LogP contribution is -2.24. The molecular formula is C13H17F3N2. The van der Waals surface area contributed by atoms with Crippen LogP contribution in [0, 0.1) is 5.92 Å². The molecule has 1 aliphatic carbocycles. The predicted molar refractivity (Wildman–Crippen MR) is 64.3 cm³/mol. The van der Waals surface area contributed by atoms with Crippen molar-refractivity contribution in [3.8, 4) is 0 Å². The molecule has 18 heavy (non-hydrogen) atoms. The standard InChI is InChI=1S/C13H17F3N2/c1-9(10-4-2-3-5-10)18-12-7-6-11(8-17-12)13(14,15)16/h6-10H,2-5H2,1H3,(H,17,18). The van der Waals surface area contributed by atoms with Crippen LogP contribution in [0.5, 0.6) is 0 Å². The molecule has 0 radical (unpaired) electrons. The highest BCUT2D eigenvalue weighted by Crippen LogP contribution is 2.30. The third-order valence-corrected chi connectivity index (χ3v) is 3.57.